The smallest absolute Gasteiger partial charge is 0.323 e. The van der Waals surface area contributed by atoms with Crippen molar-refractivity contribution in [2.24, 2.45) is 11.7 Å². The first-order valence-electron chi connectivity index (χ1n) is 9.45. The monoisotopic (exact) mass is 404 g/mol. The SMILES string of the molecule is CC(C)C(N)C(=O)O[C@@H]1CO[C@H]2[C@@H]1OC[C@H]2OC(=O)CCCCCO[N+](=O)[O-]. The molecule has 2 N–H and O–H groups in total. The van der Waals surface area contributed by atoms with E-state index >= 15 is 0 Å². The van der Waals surface area contributed by atoms with Crippen molar-refractivity contribution < 1.29 is 38.5 Å². The fraction of sp³-hybridized carbons (Fsp3) is 0.882. The Hall–Kier alpha value is -1.98. The Labute approximate surface area is 162 Å². The maximum atomic E-state index is 12.0. The quantitative estimate of drug-likeness (QED) is 0.221. The number of carbonyl (C=O) groups excluding carboxylic acids is 2. The highest BCUT2D eigenvalue weighted by molar-refractivity contribution is 5.76. The Morgan fingerprint density at radius 1 is 1.11 bits per heavy atom. The first-order valence-corrected chi connectivity index (χ1v) is 9.45. The van der Waals surface area contributed by atoms with Gasteiger partial charge in [-0.1, -0.05) is 20.3 Å². The summed E-state index contributed by atoms with van der Waals surface area (Å²) < 4.78 is 22.1. The van der Waals surface area contributed by atoms with E-state index < -0.39 is 47.5 Å². The standard InChI is InChI=1S/C17H28N2O9/c1-10(2)14(18)17(21)28-12-9-25-15-11(8-24-16(12)15)27-13(20)6-4-3-5-7-26-19(22)23/h10-12,14-16H,3-9,18H2,1-2H3/t11-,12-,14?,15-,16-/m1/s1. The maximum absolute atomic E-state index is 12.0. The molecular weight excluding hydrogens is 376 g/mol. The zero-order valence-corrected chi connectivity index (χ0v) is 16.1. The highest BCUT2D eigenvalue weighted by Crippen LogP contribution is 2.31. The van der Waals surface area contributed by atoms with Gasteiger partial charge < -0.3 is 29.5 Å². The number of carbonyl (C=O) groups is 2. The number of hydrogen-bond acceptors (Lipinski definition) is 10. The number of rotatable bonds is 11. The summed E-state index contributed by atoms with van der Waals surface area (Å²) in [4.78, 5) is 38.2. The predicted molar refractivity (Wildman–Crippen MR) is 93.5 cm³/mol. The van der Waals surface area contributed by atoms with Crippen LogP contribution in [0, 0.1) is 16.0 Å². The molecule has 2 aliphatic heterocycles. The first-order chi connectivity index (χ1) is 13.3. The average molecular weight is 404 g/mol. The molecule has 2 aliphatic rings. The molecule has 2 rings (SSSR count). The Bertz CT molecular complexity index is 557. The third-order valence-corrected chi connectivity index (χ3v) is 4.73. The van der Waals surface area contributed by atoms with Crippen molar-refractivity contribution in [3.63, 3.8) is 0 Å². The number of ether oxygens (including phenoxy) is 4. The van der Waals surface area contributed by atoms with Crippen molar-refractivity contribution in [2.75, 3.05) is 19.8 Å². The van der Waals surface area contributed by atoms with Crippen LogP contribution in [0.1, 0.15) is 39.5 Å². The lowest BCUT2D eigenvalue weighted by atomic mass is 10.1. The van der Waals surface area contributed by atoms with E-state index in [1.807, 2.05) is 13.8 Å². The second kappa shape index (κ2) is 10.5. The van der Waals surface area contributed by atoms with Gasteiger partial charge in [-0.05, 0) is 18.8 Å². The zero-order valence-electron chi connectivity index (χ0n) is 16.1. The van der Waals surface area contributed by atoms with Gasteiger partial charge in [-0.25, -0.2) is 0 Å². The molecule has 0 amide bonds. The molecule has 11 nitrogen and oxygen atoms in total. The van der Waals surface area contributed by atoms with E-state index in [1.165, 1.54) is 0 Å². The Morgan fingerprint density at radius 3 is 2.29 bits per heavy atom. The van der Waals surface area contributed by atoms with Crippen molar-refractivity contribution in [3.05, 3.63) is 10.1 Å². The van der Waals surface area contributed by atoms with Gasteiger partial charge in [-0.3, -0.25) is 9.59 Å². The lowest BCUT2D eigenvalue weighted by Crippen LogP contribution is -2.42. The second-order valence-electron chi connectivity index (χ2n) is 7.24. The molecule has 28 heavy (non-hydrogen) atoms. The van der Waals surface area contributed by atoms with E-state index in [0.717, 1.165) is 0 Å². The normalized spacial score (nSPS) is 27.3. The van der Waals surface area contributed by atoms with E-state index in [1.54, 1.807) is 0 Å². The van der Waals surface area contributed by atoms with Crippen LogP contribution in [0.3, 0.4) is 0 Å². The molecule has 0 aromatic carbocycles. The van der Waals surface area contributed by atoms with E-state index in [9.17, 15) is 19.7 Å². The fourth-order valence-corrected chi connectivity index (χ4v) is 3.05. The molecule has 0 saturated carbocycles. The first kappa shape index (κ1) is 22.3. The summed E-state index contributed by atoms with van der Waals surface area (Å²) in [5, 5.41) is 9.18. The summed E-state index contributed by atoms with van der Waals surface area (Å²) >= 11 is 0. The summed E-state index contributed by atoms with van der Waals surface area (Å²) in [6.45, 7) is 4.00. The van der Waals surface area contributed by atoms with Gasteiger partial charge in [0.1, 0.15) is 18.2 Å². The van der Waals surface area contributed by atoms with E-state index in [4.69, 9.17) is 24.7 Å². The molecule has 0 radical (unpaired) electrons. The molecule has 11 heteroatoms. The van der Waals surface area contributed by atoms with Gasteiger partial charge in [0.25, 0.3) is 5.09 Å². The van der Waals surface area contributed by atoms with Crippen molar-refractivity contribution in [2.45, 2.75) is 70.0 Å². The third-order valence-electron chi connectivity index (χ3n) is 4.73. The minimum absolute atomic E-state index is 0.0106. The van der Waals surface area contributed by atoms with Crippen LogP contribution in [-0.4, -0.2) is 67.3 Å². The van der Waals surface area contributed by atoms with Crippen molar-refractivity contribution in [1.82, 2.24) is 0 Å². The summed E-state index contributed by atoms with van der Waals surface area (Å²) in [5.41, 5.74) is 5.79. The van der Waals surface area contributed by atoms with Gasteiger partial charge >= 0.3 is 11.9 Å². The molecule has 2 heterocycles. The van der Waals surface area contributed by atoms with E-state index in [0.29, 0.717) is 19.3 Å². The number of nitrogens with two attached hydrogens (primary N) is 1. The maximum Gasteiger partial charge on any atom is 0.323 e. The van der Waals surface area contributed by atoms with E-state index in [-0.39, 0.29) is 32.2 Å². The molecular formula is C17H28N2O9. The molecule has 2 fully saturated rings. The number of hydrogen-bond donors (Lipinski definition) is 1. The molecule has 0 bridgehead atoms. The van der Waals surface area contributed by atoms with Crippen LogP contribution >= 0.6 is 0 Å². The van der Waals surface area contributed by atoms with Crippen LogP contribution in [0.25, 0.3) is 0 Å². The molecule has 0 aromatic heterocycles. The van der Waals surface area contributed by atoms with Crippen LogP contribution in [-0.2, 0) is 33.4 Å². The third kappa shape index (κ3) is 6.28. The van der Waals surface area contributed by atoms with Gasteiger partial charge in [-0.15, -0.1) is 10.1 Å². The van der Waals surface area contributed by atoms with Gasteiger partial charge in [0.05, 0.1) is 19.8 Å². The van der Waals surface area contributed by atoms with Crippen LogP contribution in [0.5, 0.6) is 0 Å². The number of nitrogens with zero attached hydrogens (tertiary/aromatic N) is 1. The minimum Gasteiger partial charge on any atom is -0.457 e. The fourth-order valence-electron chi connectivity index (χ4n) is 3.05. The Balaban J connectivity index is 1.68. The lowest BCUT2D eigenvalue weighted by Gasteiger charge is -2.20. The molecule has 1 unspecified atom stereocenters. The van der Waals surface area contributed by atoms with Crippen molar-refractivity contribution in [1.29, 1.82) is 0 Å². The van der Waals surface area contributed by atoms with Gasteiger partial charge in [0.2, 0.25) is 0 Å². The van der Waals surface area contributed by atoms with Crippen LogP contribution in [0.2, 0.25) is 0 Å². The molecule has 5 atom stereocenters. The highest BCUT2D eigenvalue weighted by Gasteiger charge is 2.51. The molecule has 0 spiro atoms. The second-order valence-corrected chi connectivity index (χ2v) is 7.24. The van der Waals surface area contributed by atoms with Gasteiger partial charge in [0.15, 0.2) is 12.2 Å². The number of esters is 2. The molecule has 160 valence electrons. The number of fused-ring (bicyclic) bond motifs is 1. The largest absolute Gasteiger partial charge is 0.457 e. The zero-order chi connectivity index (χ0) is 20.7. The van der Waals surface area contributed by atoms with Crippen molar-refractivity contribution in [3.8, 4) is 0 Å². The molecule has 0 aliphatic carbocycles. The minimum atomic E-state index is -0.840. The molecule has 2 saturated heterocycles. The summed E-state index contributed by atoms with van der Waals surface area (Å²) in [7, 11) is 0. The highest BCUT2D eigenvalue weighted by atomic mass is 16.9. The van der Waals surface area contributed by atoms with Crippen LogP contribution < -0.4 is 5.73 Å². The van der Waals surface area contributed by atoms with Crippen LogP contribution in [0.15, 0.2) is 0 Å². The predicted octanol–water partition coefficient (Wildman–Crippen LogP) is 0.360. The summed E-state index contributed by atoms with van der Waals surface area (Å²) in [6.07, 6.45) is -0.277. The number of unbranched alkanes of at least 4 members (excludes halogenated alkanes) is 2. The van der Waals surface area contributed by atoms with Gasteiger partial charge in [-0.2, -0.15) is 0 Å². The Morgan fingerprint density at radius 2 is 1.71 bits per heavy atom. The topological polar surface area (TPSA) is 149 Å². The van der Waals surface area contributed by atoms with Crippen molar-refractivity contribution >= 4 is 11.9 Å². The Kier molecular flexibility index (Phi) is 8.39. The average Bonchev–Trinajstić information content (AvgIpc) is 3.20. The van der Waals surface area contributed by atoms with Gasteiger partial charge in [0, 0.05) is 6.42 Å². The van der Waals surface area contributed by atoms with Crippen LogP contribution in [0.4, 0.5) is 0 Å². The summed E-state index contributed by atoms with van der Waals surface area (Å²) in [5.74, 6) is -0.945. The van der Waals surface area contributed by atoms with E-state index in [2.05, 4.69) is 4.84 Å². The summed E-state index contributed by atoms with van der Waals surface area (Å²) in [6, 6.07) is -0.718. The molecule has 0 aromatic rings. The lowest BCUT2D eigenvalue weighted by molar-refractivity contribution is -0.757.